The number of hydrogen-bond acceptors (Lipinski definition) is 4. The lowest BCUT2D eigenvalue weighted by Gasteiger charge is -2.42. The Morgan fingerprint density at radius 1 is 1.00 bits per heavy atom. The number of urea groups is 1. The lowest BCUT2D eigenvalue weighted by atomic mass is 9.90. The number of piperazine rings is 1. The Morgan fingerprint density at radius 3 is 2.27 bits per heavy atom. The van der Waals surface area contributed by atoms with E-state index in [2.05, 4.69) is 5.32 Å². The van der Waals surface area contributed by atoms with Crippen molar-refractivity contribution < 1.29 is 14.4 Å². The number of thioether (sulfide) groups is 1. The second-order valence-corrected chi connectivity index (χ2v) is 11.9. The van der Waals surface area contributed by atoms with Gasteiger partial charge in [-0.1, -0.05) is 41.9 Å². The Kier molecular flexibility index (Phi) is 7.67. The summed E-state index contributed by atoms with van der Waals surface area (Å²) in [6.45, 7) is 4.94. The number of hydrogen-bond donors (Lipinski definition) is 1. The number of likely N-dealkylation sites (tertiary alicyclic amines) is 1. The highest BCUT2D eigenvalue weighted by molar-refractivity contribution is 8.01. The normalized spacial score (nSPS) is 23.9. The van der Waals surface area contributed by atoms with E-state index >= 15 is 0 Å². The molecule has 3 fully saturated rings. The molecule has 5 rings (SSSR count). The summed E-state index contributed by atoms with van der Waals surface area (Å²) in [5, 5.41) is 3.46. The number of benzene rings is 2. The van der Waals surface area contributed by atoms with Crippen LogP contribution in [0.25, 0.3) is 0 Å². The van der Waals surface area contributed by atoms with Gasteiger partial charge in [0, 0.05) is 49.2 Å². The summed E-state index contributed by atoms with van der Waals surface area (Å²) in [7, 11) is 0. The highest BCUT2D eigenvalue weighted by Crippen LogP contribution is 2.54. The molecule has 7 nitrogen and oxygen atoms in total. The quantitative estimate of drug-likeness (QED) is 0.564. The van der Waals surface area contributed by atoms with Crippen molar-refractivity contribution in [2.24, 2.45) is 5.92 Å². The molecule has 1 saturated carbocycles. The van der Waals surface area contributed by atoms with Crippen LogP contribution in [0.15, 0.2) is 59.5 Å². The van der Waals surface area contributed by atoms with Crippen LogP contribution in [0.2, 0.25) is 5.02 Å². The fourth-order valence-electron chi connectivity index (χ4n) is 5.37. The van der Waals surface area contributed by atoms with Crippen LogP contribution < -0.4 is 5.32 Å². The number of nitrogens with one attached hydrogen (secondary N) is 1. The van der Waals surface area contributed by atoms with Crippen molar-refractivity contribution in [3.63, 3.8) is 0 Å². The number of halogens is 1. The Bertz CT molecular complexity index is 1140. The second-order valence-electron chi connectivity index (χ2n) is 10.0. The van der Waals surface area contributed by atoms with Crippen molar-refractivity contribution in [1.29, 1.82) is 0 Å². The first-order chi connectivity index (χ1) is 17.9. The van der Waals surface area contributed by atoms with E-state index in [0.29, 0.717) is 50.2 Å². The molecule has 2 atom stereocenters. The zero-order valence-corrected chi connectivity index (χ0v) is 22.6. The summed E-state index contributed by atoms with van der Waals surface area (Å²) in [5.74, 6) is 0.472. The zero-order chi connectivity index (χ0) is 26.0. The molecular weight excluding hydrogens is 508 g/mol. The number of rotatable bonds is 7. The summed E-state index contributed by atoms with van der Waals surface area (Å²) in [4.78, 5) is 47.0. The van der Waals surface area contributed by atoms with E-state index in [1.165, 1.54) is 11.8 Å². The summed E-state index contributed by atoms with van der Waals surface area (Å²) < 4.78 is -1.02. The van der Waals surface area contributed by atoms with Crippen molar-refractivity contribution in [3.8, 4) is 0 Å². The fourth-order valence-corrected chi connectivity index (χ4v) is 7.00. The van der Waals surface area contributed by atoms with Gasteiger partial charge in [0.1, 0.15) is 4.75 Å². The van der Waals surface area contributed by atoms with E-state index in [1.807, 2.05) is 71.3 Å². The first kappa shape index (κ1) is 25.9. The lowest BCUT2D eigenvalue weighted by Crippen LogP contribution is -2.58. The van der Waals surface area contributed by atoms with Gasteiger partial charge in [0.2, 0.25) is 11.8 Å². The molecule has 2 aliphatic heterocycles. The number of nitrogens with zero attached hydrogens (tertiary/aromatic N) is 3. The Hall–Kier alpha value is -2.71. The van der Waals surface area contributed by atoms with E-state index in [0.717, 1.165) is 23.3 Å². The van der Waals surface area contributed by atoms with Crippen LogP contribution in [0, 0.1) is 5.92 Å². The van der Waals surface area contributed by atoms with E-state index < -0.39 is 10.8 Å². The largest absolute Gasteiger partial charge is 0.338 e. The van der Waals surface area contributed by atoms with Crippen LogP contribution in [-0.2, 0) is 9.59 Å². The maximum Gasteiger partial charge on any atom is 0.317 e. The average molecular weight is 541 g/mol. The van der Waals surface area contributed by atoms with Gasteiger partial charge < -0.3 is 20.0 Å². The first-order valence-corrected chi connectivity index (χ1v) is 14.2. The highest BCUT2D eigenvalue weighted by Gasteiger charge is 2.59. The van der Waals surface area contributed by atoms with Gasteiger partial charge in [-0.25, -0.2) is 4.79 Å². The summed E-state index contributed by atoms with van der Waals surface area (Å²) in [5.41, 5.74) is 0.925. The van der Waals surface area contributed by atoms with Crippen LogP contribution in [-0.4, -0.2) is 76.6 Å². The van der Waals surface area contributed by atoms with Crippen molar-refractivity contribution in [2.75, 3.05) is 39.3 Å². The molecule has 2 saturated heterocycles. The van der Waals surface area contributed by atoms with Crippen LogP contribution in [0.5, 0.6) is 0 Å². The van der Waals surface area contributed by atoms with Gasteiger partial charge >= 0.3 is 6.03 Å². The maximum absolute atomic E-state index is 14.6. The summed E-state index contributed by atoms with van der Waals surface area (Å²) in [6, 6.07) is 16.9. The Morgan fingerprint density at radius 2 is 1.65 bits per heavy atom. The molecule has 0 aromatic heterocycles. The molecule has 37 heavy (non-hydrogen) atoms. The lowest BCUT2D eigenvalue weighted by molar-refractivity contribution is -0.136. The molecule has 1 aliphatic carbocycles. The molecule has 9 heteroatoms. The van der Waals surface area contributed by atoms with Gasteiger partial charge in [0.15, 0.2) is 0 Å². The molecule has 2 aromatic rings. The minimum Gasteiger partial charge on any atom is -0.338 e. The number of amides is 4. The predicted molar refractivity (Wildman–Crippen MR) is 146 cm³/mol. The second kappa shape index (κ2) is 11.0. The minimum atomic E-state index is -1.02. The molecule has 4 amide bonds. The molecule has 2 heterocycles. The van der Waals surface area contributed by atoms with Gasteiger partial charge in [-0.05, 0) is 55.5 Å². The minimum absolute atomic E-state index is 0.0181. The van der Waals surface area contributed by atoms with Crippen molar-refractivity contribution in [2.45, 2.75) is 41.9 Å². The summed E-state index contributed by atoms with van der Waals surface area (Å²) >= 11 is 7.72. The third kappa shape index (κ3) is 5.46. The molecular formula is C28H33ClN4O3S. The number of carbonyl (C=O) groups excluding carboxylic acids is 3. The van der Waals surface area contributed by atoms with Crippen LogP contribution in [0.4, 0.5) is 4.79 Å². The van der Waals surface area contributed by atoms with Gasteiger partial charge in [-0.2, -0.15) is 0 Å². The molecule has 3 aliphatic rings. The van der Waals surface area contributed by atoms with Crippen LogP contribution in [0.3, 0.4) is 0 Å². The molecule has 2 aromatic carbocycles. The highest BCUT2D eigenvalue weighted by atomic mass is 35.5. The van der Waals surface area contributed by atoms with Gasteiger partial charge in [0.25, 0.3) is 0 Å². The monoisotopic (exact) mass is 540 g/mol. The Labute approximate surface area is 227 Å². The SMILES string of the molecule is CCNC(=O)N1CCN(C(=O)C2(Sc3ccccc3)CC(=O)N(CC3CC3)C2c2ccc(Cl)cc2)CC1. The van der Waals surface area contributed by atoms with E-state index in [9.17, 15) is 14.4 Å². The Balaban J connectivity index is 1.51. The fraction of sp³-hybridized carbons (Fsp3) is 0.464. The standard InChI is InChI=1S/C28H33ClN4O3S/c1-2-30-27(36)32-16-14-31(15-17-32)26(35)28(37-23-6-4-3-5-7-23)18-24(34)33(19-20-8-9-20)25(28)21-10-12-22(29)13-11-21/h3-7,10-13,20,25H,2,8-9,14-19H2,1H3,(H,30,36). The third-order valence-corrected chi connectivity index (χ3v) is 9.08. The first-order valence-electron chi connectivity index (χ1n) is 13.0. The maximum atomic E-state index is 14.6. The van der Waals surface area contributed by atoms with Crippen molar-refractivity contribution >= 4 is 41.2 Å². The smallest absolute Gasteiger partial charge is 0.317 e. The molecule has 0 radical (unpaired) electrons. The van der Waals surface area contributed by atoms with Gasteiger partial charge in [-0.15, -0.1) is 11.8 Å². The van der Waals surface area contributed by atoms with Crippen molar-refractivity contribution in [3.05, 3.63) is 65.2 Å². The predicted octanol–water partition coefficient (Wildman–Crippen LogP) is 4.43. The molecule has 1 N–H and O–H groups in total. The molecule has 2 unspecified atom stereocenters. The average Bonchev–Trinajstić information content (AvgIpc) is 3.69. The van der Waals surface area contributed by atoms with Crippen LogP contribution >= 0.6 is 23.4 Å². The zero-order valence-electron chi connectivity index (χ0n) is 21.1. The molecule has 0 bridgehead atoms. The molecule has 196 valence electrons. The van der Waals surface area contributed by atoms with E-state index in [4.69, 9.17) is 11.6 Å². The van der Waals surface area contributed by atoms with E-state index in [-0.39, 0.29) is 24.3 Å². The molecule has 0 spiro atoms. The van der Waals surface area contributed by atoms with Crippen molar-refractivity contribution in [1.82, 2.24) is 20.0 Å². The van der Waals surface area contributed by atoms with Crippen LogP contribution in [0.1, 0.15) is 37.8 Å². The van der Waals surface area contributed by atoms with E-state index in [1.54, 1.807) is 4.90 Å². The number of carbonyl (C=O) groups is 3. The topological polar surface area (TPSA) is 73.0 Å². The summed E-state index contributed by atoms with van der Waals surface area (Å²) in [6.07, 6.45) is 2.37. The third-order valence-electron chi connectivity index (χ3n) is 7.41. The van der Waals surface area contributed by atoms with Gasteiger partial charge in [0.05, 0.1) is 12.5 Å². The van der Waals surface area contributed by atoms with Gasteiger partial charge in [-0.3, -0.25) is 9.59 Å².